The minimum absolute atomic E-state index is 0.190. The summed E-state index contributed by atoms with van der Waals surface area (Å²) in [5.41, 5.74) is 1.31. The molecule has 4 nitrogen and oxygen atoms in total. The van der Waals surface area contributed by atoms with Crippen molar-refractivity contribution < 1.29 is 9.18 Å². The Morgan fingerprint density at radius 2 is 2.22 bits per heavy atom. The van der Waals surface area contributed by atoms with Gasteiger partial charge < -0.3 is 5.32 Å². The summed E-state index contributed by atoms with van der Waals surface area (Å²) in [6.45, 7) is 3.23. The monoisotopic (exact) mass is 331 g/mol. The van der Waals surface area contributed by atoms with Gasteiger partial charge in [-0.1, -0.05) is 12.1 Å². The van der Waals surface area contributed by atoms with E-state index in [1.165, 1.54) is 17.4 Å². The summed E-state index contributed by atoms with van der Waals surface area (Å²) in [6, 6.07) is 6.72. The van der Waals surface area contributed by atoms with Gasteiger partial charge in [-0.15, -0.1) is 11.3 Å². The van der Waals surface area contributed by atoms with Gasteiger partial charge in [-0.05, 0) is 31.5 Å². The SMILES string of the molecule is O=C1NCCC12CCN(Cc1csc(-c3ccccc3F)n1)C2. The number of aromatic nitrogens is 1. The lowest BCUT2D eigenvalue weighted by Crippen LogP contribution is -2.34. The van der Waals surface area contributed by atoms with Crippen molar-refractivity contribution in [2.75, 3.05) is 19.6 Å². The van der Waals surface area contributed by atoms with E-state index in [1.807, 2.05) is 11.4 Å². The van der Waals surface area contributed by atoms with Crippen LogP contribution in [0.3, 0.4) is 0 Å². The van der Waals surface area contributed by atoms with Crippen LogP contribution in [0.4, 0.5) is 4.39 Å². The number of likely N-dealkylation sites (tertiary alicyclic amines) is 1. The van der Waals surface area contributed by atoms with Crippen LogP contribution in [0, 0.1) is 11.2 Å². The Kier molecular flexibility index (Phi) is 3.66. The standard InChI is InChI=1S/C17H18FN3OS/c18-14-4-2-1-3-13(14)15-20-12(10-23-15)9-21-8-6-17(11-21)5-7-19-16(17)22/h1-4,10H,5-9,11H2,(H,19,22). The van der Waals surface area contributed by atoms with Crippen molar-refractivity contribution in [3.8, 4) is 10.6 Å². The van der Waals surface area contributed by atoms with Crippen molar-refractivity contribution in [2.24, 2.45) is 5.41 Å². The normalized spacial score (nSPS) is 24.5. The maximum absolute atomic E-state index is 13.8. The minimum Gasteiger partial charge on any atom is -0.356 e. The van der Waals surface area contributed by atoms with Gasteiger partial charge in [-0.3, -0.25) is 9.69 Å². The molecule has 0 aliphatic carbocycles. The number of halogens is 1. The molecule has 1 amide bonds. The van der Waals surface area contributed by atoms with E-state index < -0.39 is 0 Å². The lowest BCUT2D eigenvalue weighted by molar-refractivity contribution is -0.127. The van der Waals surface area contributed by atoms with Crippen LogP contribution in [-0.2, 0) is 11.3 Å². The first-order valence-electron chi connectivity index (χ1n) is 7.86. The molecule has 6 heteroatoms. The summed E-state index contributed by atoms with van der Waals surface area (Å²) in [4.78, 5) is 18.9. The highest BCUT2D eigenvalue weighted by Gasteiger charge is 2.47. The summed E-state index contributed by atoms with van der Waals surface area (Å²) >= 11 is 1.47. The van der Waals surface area contributed by atoms with E-state index >= 15 is 0 Å². The van der Waals surface area contributed by atoms with Crippen LogP contribution in [0.15, 0.2) is 29.6 Å². The lowest BCUT2D eigenvalue weighted by atomic mass is 9.86. The molecule has 3 heterocycles. The third-order valence-electron chi connectivity index (χ3n) is 4.85. The molecule has 2 aliphatic rings. The molecular formula is C17H18FN3OS. The van der Waals surface area contributed by atoms with Gasteiger partial charge in [-0.2, -0.15) is 0 Å². The second-order valence-corrected chi connectivity index (χ2v) is 7.23. The Bertz CT molecular complexity index is 747. The molecule has 1 atom stereocenters. The van der Waals surface area contributed by atoms with Crippen LogP contribution in [0.2, 0.25) is 0 Å². The first-order chi connectivity index (χ1) is 11.2. The summed E-state index contributed by atoms with van der Waals surface area (Å²) in [6.07, 6.45) is 1.85. The van der Waals surface area contributed by atoms with Gasteiger partial charge in [0.05, 0.1) is 11.1 Å². The van der Waals surface area contributed by atoms with E-state index in [1.54, 1.807) is 12.1 Å². The van der Waals surface area contributed by atoms with Gasteiger partial charge in [0.15, 0.2) is 0 Å². The fourth-order valence-electron chi connectivity index (χ4n) is 3.57. The van der Waals surface area contributed by atoms with Crippen molar-refractivity contribution in [3.63, 3.8) is 0 Å². The Labute approximate surface area is 138 Å². The third kappa shape index (κ3) is 2.66. The second-order valence-electron chi connectivity index (χ2n) is 6.37. The molecule has 1 aromatic heterocycles. The molecule has 0 saturated carbocycles. The molecule has 1 spiro atoms. The smallest absolute Gasteiger partial charge is 0.227 e. The molecule has 2 aromatic rings. The largest absolute Gasteiger partial charge is 0.356 e. The molecule has 1 aromatic carbocycles. The number of nitrogens with zero attached hydrogens (tertiary/aromatic N) is 2. The third-order valence-corrected chi connectivity index (χ3v) is 5.77. The summed E-state index contributed by atoms with van der Waals surface area (Å²) in [7, 11) is 0. The van der Waals surface area contributed by atoms with Crippen molar-refractivity contribution in [2.45, 2.75) is 19.4 Å². The van der Waals surface area contributed by atoms with Crippen molar-refractivity contribution in [3.05, 3.63) is 41.2 Å². The highest BCUT2D eigenvalue weighted by Crippen LogP contribution is 2.37. The van der Waals surface area contributed by atoms with Gasteiger partial charge in [0, 0.05) is 30.6 Å². The fraction of sp³-hybridized carbons (Fsp3) is 0.412. The first kappa shape index (κ1) is 14.8. The molecular weight excluding hydrogens is 313 g/mol. The maximum Gasteiger partial charge on any atom is 0.227 e. The molecule has 1 unspecified atom stereocenters. The Hall–Kier alpha value is -1.79. The minimum atomic E-state index is -0.240. The van der Waals surface area contributed by atoms with Crippen molar-refractivity contribution in [1.82, 2.24) is 15.2 Å². The number of amides is 1. The maximum atomic E-state index is 13.8. The fourth-order valence-corrected chi connectivity index (χ4v) is 4.40. The van der Waals surface area contributed by atoms with E-state index in [0.29, 0.717) is 10.6 Å². The van der Waals surface area contributed by atoms with Crippen molar-refractivity contribution >= 4 is 17.2 Å². The number of thiazole rings is 1. The van der Waals surface area contributed by atoms with E-state index in [0.717, 1.165) is 44.7 Å². The molecule has 2 aliphatic heterocycles. The van der Waals surface area contributed by atoms with Crippen LogP contribution < -0.4 is 5.32 Å². The molecule has 1 N–H and O–H groups in total. The number of rotatable bonds is 3. The van der Waals surface area contributed by atoms with Crippen LogP contribution in [0.5, 0.6) is 0 Å². The molecule has 120 valence electrons. The Morgan fingerprint density at radius 1 is 1.35 bits per heavy atom. The number of carbonyl (C=O) groups excluding carboxylic acids is 1. The predicted octanol–water partition coefficient (Wildman–Crippen LogP) is 2.66. The van der Waals surface area contributed by atoms with Gasteiger partial charge in [-0.25, -0.2) is 9.37 Å². The number of hydrogen-bond acceptors (Lipinski definition) is 4. The number of hydrogen-bond donors (Lipinski definition) is 1. The molecule has 23 heavy (non-hydrogen) atoms. The highest BCUT2D eigenvalue weighted by atomic mass is 32.1. The van der Waals surface area contributed by atoms with E-state index in [4.69, 9.17) is 0 Å². The highest BCUT2D eigenvalue weighted by molar-refractivity contribution is 7.13. The second kappa shape index (κ2) is 5.69. The van der Waals surface area contributed by atoms with Crippen LogP contribution >= 0.6 is 11.3 Å². The van der Waals surface area contributed by atoms with E-state index in [-0.39, 0.29) is 17.1 Å². The molecule has 4 rings (SSSR count). The topological polar surface area (TPSA) is 45.2 Å². The lowest BCUT2D eigenvalue weighted by Gasteiger charge is -2.20. The Balaban J connectivity index is 1.47. The average molecular weight is 331 g/mol. The number of carbonyl (C=O) groups is 1. The average Bonchev–Trinajstić information content (AvgIpc) is 3.24. The quantitative estimate of drug-likeness (QED) is 0.940. The van der Waals surface area contributed by atoms with E-state index in [9.17, 15) is 9.18 Å². The number of nitrogens with one attached hydrogen (secondary N) is 1. The van der Waals surface area contributed by atoms with E-state index in [2.05, 4.69) is 15.2 Å². The zero-order chi connectivity index (χ0) is 15.9. The van der Waals surface area contributed by atoms with Crippen LogP contribution in [-0.4, -0.2) is 35.4 Å². The summed E-state index contributed by atoms with van der Waals surface area (Å²) in [5.74, 6) is -0.0403. The number of benzene rings is 1. The summed E-state index contributed by atoms with van der Waals surface area (Å²) in [5, 5.41) is 5.65. The van der Waals surface area contributed by atoms with Gasteiger partial charge in [0.2, 0.25) is 5.91 Å². The molecule has 0 radical (unpaired) electrons. The van der Waals surface area contributed by atoms with Crippen LogP contribution in [0.1, 0.15) is 18.5 Å². The van der Waals surface area contributed by atoms with Crippen LogP contribution in [0.25, 0.3) is 10.6 Å². The van der Waals surface area contributed by atoms with Gasteiger partial charge in [0.25, 0.3) is 0 Å². The molecule has 0 bridgehead atoms. The molecule has 2 fully saturated rings. The first-order valence-corrected chi connectivity index (χ1v) is 8.74. The Morgan fingerprint density at radius 3 is 3.00 bits per heavy atom. The molecule has 2 saturated heterocycles. The van der Waals surface area contributed by atoms with Gasteiger partial charge >= 0.3 is 0 Å². The van der Waals surface area contributed by atoms with Gasteiger partial charge in [0.1, 0.15) is 10.8 Å². The van der Waals surface area contributed by atoms with Crippen molar-refractivity contribution in [1.29, 1.82) is 0 Å². The zero-order valence-electron chi connectivity index (χ0n) is 12.7. The zero-order valence-corrected chi connectivity index (χ0v) is 13.5. The summed E-state index contributed by atoms with van der Waals surface area (Å²) < 4.78 is 13.8. The predicted molar refractivity (Wildman–Crippen MR) is 87.5 cm³/mol.